The molecule has 1 heterocycles. The lowest BCUT2D eigenvalue weighted by molar-refractivity contribution is -0.122. The Labute approximate surface area is 103 Å². The minimum Gasteiger partial charge on any atom is -0.385 e. The van der Waals surface area contributed by atoms with Crippen molar-refractivity contribution < 1.29 is 17.9 Å². The maximum Gasteiger partial charge on any atom is 0.220 e. The number of sulfone groups is 1. The molecule has 1 saturated heterocycles. The Kier molecular flexibility index (Phi) is 5.91. The fourth-order valence-electron chi connectivity index (χ4n) is 1.92. The first-order chi connectivity index (χ1) is 8.03. The molecule has 0 aromatic heterocycles. The second-order valence-corrected chi connectivity index (χ2v) is 6.80. The highest BCUT2D eigenvalue weighted by atomic mass is 32.2. The van der Waals surface area contributed by atoms with E-state index in [1.165, 1.54) is 0 Å². The van der Waals surface area contributed by atoms with E-state index in [1.54, 1.807) is 7.11 Å². The van der Waals surface area contributed by atoms with Gasteiger partial charge in [-0.3, -0.25) is 4.79 Å². The van der Waals surface area contributed by atoms with Crippen LogP contribution in [0.5, 0.6) is 0 Å². The molecule has 1 rings (SSSR count). The van der Waals surface area contributed by atoms with Crippen LogP contribution in [0, 0.1) is 5.92 Å². The van der Waals surface area contributed by atoms with Crippen LogP contribution in [0.2, 0.25) is 0 Å². The number of nitrogens with one attached hydrogen (secondary N) is 1. The van der Waals surface area contributed by atoms with Crippen molar-refractivity contribution in [2.24, 2.45) is 5.92 Å². The number of carbonyl (C=O) groups excluding carboxylic acids is 1. The van der Waals surface area contributed by atoms with Crippen LogP contribution in [0.15, 0.2) is 0 Å². The van der Waals surface area contributed by atoms with Crippen molar-refractivity contribution in [1.82, 2.24) is 5.32 Å². The lowest BCUT2D eigenvalue weighted by atomic mass is 9.98. The molecule has 0 saturated carbocycles. The van der Waals surface area contributed by atoms with Crippen molar-refractivity contribution in [2.75, 3.05) is 31.8 Å². The molecule has 0 atom stereocenters. The standard InChI is InChI=1S/C11H21NO4S/c1-16-6-2-5-12-11(13)9-10-3-7-17(14,15)8-4-10/h10H,2-9H2,1H3,(H,12,13). The highest BCUT2D eigenvalue weighted by molar-refractivity contribution is 7.91. The van der Waals surface area contributed by atoms with E-state index < -0.39 is 9.84 Å². The largest absolute Gasteiger partial charge is 0.385 e. The molecule has 1 fully saturated rings. The summed E-state index contributed by atoms with van der Waals surface area (Å²) in [7, 11) is -1.19. The topological polar surface area (TPSA) is 72.5 Å². The summed E-state index contributed by atoms with van der Waals surface area (Å²) >= 11 is 0. The summed E-state index contributed by atoms with van der Waals surface area (Å²) in [6.45, 7) is 1.26. The van der Waals surface area contributed by atoms with Crippen LogP contribution in [0.1, 0.15) is 25.7 Å². The normalized spacial score (nSPS) is 20.1. The molecule has 1 amide bonds. The molecule has 1 aliphatic heterocycles. The van der Waals surface area contributed by atoms with Gasteiger partial charge >= 0.3 is 0 Å². The molecule has 5 nitrogen and oxygen atoms in total. The number of methoxy groups -OCH3 is 1. The first-order valence-electron chi connectivity index (χ1n) is 5.99. The van der Waals surface area contributed by atoms with Crippen molar-refractivity contribution >= 4 is 15.7 Å². The fraction of sp³-hybridized carbons (Fsp3) is 0.909. The van der Waals surface area contributed by atoms with Gasteiger partial charge in [0.1, 0.15) is 9.84 Å². The first kappa shape index (κ1) is 14.4. The minimum absolute atomic E-state index is 0.0189. The van der Waals surface area contributed by atoms with Gasteiger partial charge in [-0.2, -0.15) is 0 Å². The average molecular weight is 263 g/mol. The van der Waals surface area contributed by atoms with Gasteiger partial charge in [0.05, 0.1) is 11.5 Å². The van der Waals surface area contributed by atoms with Crippen LogP contribution in [-0.4, -0.2) is 46.1 Å². The Balaban J connectivity index is 2.15. The lowest BCUT2D eigenvalue weighted by Gasteiger charge is -2.21. The molecule has 0 spiro atoms. The quantitative estimate of drug-likeness (QED) is 0.702. The highest BCUT2D eigenvalue weighted by Gasteiger charge is 2.24. The van der Waals surface area contributed by atoms with Gasteiger partial charge in [-0.25, -0.2) is 8.42 Å². The summed E-state index contributed by atoms with van der Waals surface area (Å²) in [5.74, 6) is 0.704. The number of hydrogen-bond acceptors (Lipinski definition) is 4. The van der Waals surface area contributed by atoms with Crippen molar-refractivity contribution in [3.8, 4) is 0 Å². The summed E-state index contributed by atoms with van der Waals surface area (Å²) in [5, 5.41) is 2.82. The summed E-state index contributed by atoms with van der Waals surface area (Å²) in [5.41, 5.74) is 0. The molecule has 0 radical (unpaired) electrons. The Hall–Kier alpha value is -0.620. The van der Waals surface area contributed by atoms with Crippen LogP contribution < -0.4 is 5.32 Å². The fourth-order valence-corrected chi connectivity index (χ4v) is 3.51. The molecular formula is C11H21NO4S. The monoisotopic (exact) mass is 263 g/mol. The molecule has 0 aromatic rings. The van der Waals surface area contributed by atoms with Gasteiger partial charge in [-0.15, -0.1) is 0 Å². The Morgan fingerprint density at radius 3 is 2.59 bits per heavy atom. The molecule has 17 heavy (non-hydrogen) atoms. The summed E-state index contributed by atoms with van der Waals surface area (Å²) in [6.07, 6.45) is 2.49. The number of rotatable bonds is 6. The number of hydrogen-bond donors (Lipinski definition) is 1. The van der Waals surface area contributed by atoms with Crippen LogP contribution in [0.25, 0.3) is 0 Å². The molecule has 0 aliphatic carbocycles. The van der Waals surface area contributed by atoms with Crippen molar-refractivity contribution in [2.45, 2.75) is 25.7 Å². The van der Waals surface area contributed by atoms with E-state index in [4.69, 9.17) is 4.74 Å². The van der Waals surface area contributed by atoms with Gasteiger partial charge in [-0.05, 0) is 25.2 Å². The van der Waals surface area contributed by atoms with Crippen molar-refractivity contribution in [1.29, 1.82) is 0 Å². The van der Waals surface area contributed by atoms with Crippen LogP contribution >= 0.6 is 0 Å². The zero-order chi connectivity index (χ0) is 12.7. The maximum atomic E-state index is 11.5. The third-order valence-electron chi connectivity index (χ3n) is 3.00. The smallest absolute Gasteiger partial charge is 0.220 e. The predicted molar refractivity (Wildman–Crippen MR) is 65.5 cm³/mol. The zero-order valence-electron chi connectivity index (χ0n) is 10.3. The molecule has 0 bridgehead atoms. The summed E-state index contributed by atoms with van der Waals surface area (Å²) < 4.78 is 27.3. The van der Waals surface area contributed by atoms with Gasteiger partial charge in [0, 0.05) is 26.7 Å². The zero-order valence-corrected chi connectivity index (χ0v) is 11.1. The third kappa shape index (κ3) is 6.02. The summed E-state index contributed by atoms with van der Waals surface area (Å²) in [6, 6.07) is 0. The molecule has 6 heteroatoms. The second kappa shape index (κ2) is 6.96. The molecule has 1 aliphatic rings. The predicted octanol–water partition coefficient (Wildman–Crippen LogP) is 0.354. The van der Waals surface area contributed by atoms with E-state index in [0.29, 0.717) is 32.4 Å². The van der Waals surface area contributed by atoms with Crippen LogP contribution in [0.4, 0.5) is 0 Å². The van der Waals surface area contributed by atoms with Gasteiger partial charge in [0.25, 0.3) is 0 Å². The lowest BCUT2D eigenvalue weighted by Crippen LogP contribution is -2.30. The average Bonchev–Trinajstić information content (AvgIpc) is 2.28. The summed E-state index contributed by atoms with van der Waals surface area (Å²) in [4.78, 5) is 11.5. The van der Waals surface area contributed by atoms with Crippen LogP contribution in [-0.2, 0) is 19.4 Å². The highest BCUT2D eigenvalue weighted by Crippen LogP contribution is 2.21. The van der Waals surface area contributed by atoms with Gasteiger partial charge < -0.3 is 10.1 Å². The van der Waals surface area contributed by atoms with E-state index in [9.17, 15) is 13.2 Å². The molecular weight excluding hydrogens is 242 g/mol. The van der Waals surface area contributed by atoms with Gasteiger partial charge in [-0.1, -0.05) is 0 Å². The first-order valence-corrected chi connectivity index (χ1v) is 7.81. The SMILES string of the molecule is COCCCNC(=O)CC1CCS(=O)(=O)CC1. The maximum absolute atomic E-state index is 11.5. The second-order valence-electron chi connectivity index (χ2n) is 4.50. The van der Waals surface area contributed by atoms with Gasteiger partial charge in [0.2, 0.25) is 5.91 Å². The molecule has 0 unspecified atom stereocenters. The van der Waals surface area contributed by atoms with E-state index >= 15 is 0 Å². The number of amides is 1. The van der Waals surface area contributed by atoms with E-state index in [1.807, 2.05) is 0 Å². The molecule has 0 aromatic carbocycles. The van der Waals surface area contributed by atoms with E-state index in [0.717, 1.165) is 6.42 Å². The van der Waals surface area contributed by atoms with Gasteiger partial charge in [0.15, 0.2) is 0 Å². The Morgan fingerprint density at radius 1 is 1.35 bits per heavy atom. The number of ether oxygens (including phenoxy) is 1. The van der Waals surface area contributed by atoms with Crippen molar-refractivity contribution in [3.63, 3.8) is 0 Å². The minimum atomic E-state index is -2.82. The third-order valence-corrected chi connectivity index (χ3v) is 4.71. The van der Waals surface area contributed by atoms with Crippen LogP contribution in [0.3, 0.4) is 0 Å². The Bertz CT molecular complexity index is 325. The molecule has 100 valence electrons. The number of carbonyl (C=O) groups is 1. The van der Waals surface area contributed by atoms with E-state index in [2.05, 4.69) is 5.32 Å². The van der Waals surface area contributed by atoms with Crippen molar-refractivity contribution in [3.05, 3.63) is 0 Å². The Morgan fingerprint density at radius 2 is 2.00 bits per heavy atom. The van der Waals surface area contributed by atoms with E-state index in [-0.39, 0.29) is 23.3 Å². The molecule has 1 N–H and O–H groups in total.